The zero-order chi connectivity index (χ0) is 14.7. The molecule has 108 valence electrons. The van der Waals surface area contributed by atoms with Crippen LogP contribution in [0.15, 0.2) is 23.1 Å². The van der Waals surface area contributed by atoms with E-state index in [4.69, 9.17) is 0 Å². The molecule has 0 spiro atoms. The first-order valence-electron chi connectivity index (χ1n) is 5.92. The van der Waals surface area contributed by atoms with E-state index in [2.05, 4.69) is 0 Å². The molecule has 0 radical (unpaired) electrons. The Morgan fingerprint density at radius 1 is 1.21 bits per heavy atom. The molecule has 0 saturated carbocycles. The summed E-state index contributed by atoms with van der Waals surface area (Å²) >= 11 is 0. The third-order valence-corrected chi connectivity index (χ3v) is 4.55. The maximum atomic E-state index is 13.4. The minimum atomic E-state index is -4.33. The lowest BCUT2D eigenvalue weighted by Crippen LogP contribution is -2.42. The second-order valence-corrected chi connectivity index (χ2v) is 6.01. The summed E-state index contributed by atoms with van der Waals surface area (Å²) in [7, 11) is -4.33. The molecule has 0 aromatic heterocycles. The number of rotatable bonds is 6. The van der Waals surface area contributed by atoms with Gasteiger partial charge in [0.05, 0.1) is 5.60 Å². The number of hydrogen-bond acceptors (Lipinski definition) is 3. The van der Waals surface area contributed by atoms with Crippen molar-refractivity contribution in [3.63, 3.8) is 0 Å². The van der Waals surface area contributed by atoms with E-state index < -0.39 is 32.2 Å². The third kappa shape index (κ3) is 3.71. The number of nitrogens with one attached hydrogen (secondary N) is 1. The zero-order valence-corrected chi connectivity index (χ0v) is 11.6. The molecule has 0 heterocycles. The van der Waals surface area contributed by atoms with Crippen molar-refractivity contribution in [2.45, 2.75) is 37.2 Å². The lowest BCUT2D eigenvalue weighted by atomic mass is 9.98. The molecule has 19 heavy (non-hydrogen) atoms. The average Bonchev–Trinajstić information content (AvgIpc) is 2.35. The molecule has 0 fully saturated rings. The fourth-order valence-electron chi connectivity index (χ4n) is 1.54. The fraction of sp³-hybridized carbons (Fsp3) is 0.500. The zero-order valence-electron chi connectivity index (χ0n) is 10.8. The highest BCUT2D eigenvalue weighted by Crippen LogP contribution is 2.19. The van der Waals surface area contributed by atoms with Crippen molar-refractivity contribution >= 4 is 10.0 Å². The maximum Gasteiger partial charge on any atom is 0.246 e. The van der Waals surface area contributed by atoms with Gasteiger partial charge in [-0.25, -0.2) is 21.9 Å². The van der Waals surface area contributed by atoms with Gasteiger partial charge in [0.15, 0.2) is 4.90 Å². The van der Waals surface area contributed by atoms with Crippen LogP contribution in [-0.4, -0.2) is 25.7 Å². The van der Waals surface area contributed by atoms with Gasteiger partial charge in [-0.3, -0.25) is 0 Å². The van der Waals surface area contributed by atoms with Gasteiger partial charge < -0.3 is 5.11 Å². The molecule has 1 rings (SSSR count). The minimum absolute atomic E-state index is 0.296. The molecule has 0 aliphatic heterocycles. The SMILES string of the molecule is CCC(O)(CC)CNS(=O)(=O)c1c(F)cccc1F. The Bertz CT molecular complexity index is 522. The normalized spacial score (nSPS) is 12.7. The van der Waals surface area contributed by atoms with Gasteiger partial charge in [-0.15, -0.1) is 0 Å². The highest BCUT2D eigenvalue weighted by atomic mass is 32.2. The first-order chi connectivity index (χ1) is 8.75. The average molecular weight is 293 g/mol. The smallest absolute Gasteiger partial charge is 0.246 e. The molecule has 0 amide bonds. The van der Waals surface area contributed by atoms with Crippen LogP contribution in [0.25, 0.3) is 0 Å². The van der Waals surface area contributed by atoms with Gasteiger partial charge in [0.2, 0.25) is 10.0 Å². The van der Waals surface area contributed by atoms with Crippen molar-refractivity contribution in [1.82, 2.24) is 4.72 Å². The van der Waals surface area contributed by atoms with Gasteiger partial charge >= 0.3 is 0 Å². The second kappa shape index (κ2) is 5.94. The monoisotopic (exact) mass is 293 g/mol. The molecule has 0 unspecified atom stereocenters. The number of hydrogen-bond donors (Lipinski definition) is 2. The molecule has 0 aliphatic rings. The standard InChI is InChI=1S/C12H17F2NO3S/c1-3-12(16,4-2)8-15-19(17,18)11-9(13)6-5-7-10(11)14/h5-7,15-16H,3-4,8H2,1-2H3. The first kappa shape index (κ1) is 16.0. The number of sulfonamides is 1. The molecule has 0 atom stereocenters. The molecule has 7 heteroatoms. The highest BCUT2D eigenvalue weighted by Gasteiger charge is 2.28. The van der Waals surface area contributed by atoms with E-state index in [1.807, 2.05) is 4.72 Å². The molecule has 0 bridgehead atoms. The van der Waals surface area contributed by atoms with Crippen LogP contribution in [0.1, 0.15) is 26.7 Å². The summed E-state index contributed by atoms with van der Waals surface area (Å²) in [5, 5.41) is 9.96. The summed E-state index contributed by atoms with van der Waals surface area (Å²) in [4.78, 5) is -1.02. The van der Waals surface area contributed by atoms with Crippen LogP contribution in [0.5, 0.6) is 0 Å². The van der Waals surface area contributed by atoms with Crippen molar-refractivity contribution in [2.75, 3.05) is 6.54 Å². The molecular weight excluding hydrogens is 276 g/mol. The van der Waals surface area contributed by atoms with Crippen molar-refractivity contribution in [3.8, 4) is 0 Å². The van der Waals surface area contributed by atoms with Crippen LogP contribution in [0.4, 0.5) is 8.78 Å². The lowest BCUT2D eigenvalue weighted by molar-refractivity contribution is 0.0377. The van der Waals surface area contributed by atoms with Crippen LogP contribution in [-0.2, 0) is 10.0 Å². The van der Waals surface area contributed by atoms with Crippen LogP contribution in [0, 0.1) is 11.6 Å². The van der Waals surface area contributed by atoms with Gasteiger partial charge in [0.1, 0.15) is 11.6 Å². The molecule has 4 nitrogen and oxygen atoms in total. The Kier molecular flexibility index (Phi) is 5.00. The predicted octanol–water partition coefficient (Wildman–Crippen LogP) is 1.79. The number of benzene rings is 1. The van der Waals surface area contributed by atoms with E-state index >= 15 is 0 Å². The molecule has 1 aromatic carbocycles. The van der Waals surface area contributed by atoms with E-state index in [9.17, 15) is 22.3 Å². The van der Waals surface area contributed by atoms with E-state index in [0.717, 1.165) is 18.2 Å². The predicted molar refractivity (Wildman–Crippen MR) is 67.1 cm³/mol. The van der Waals surface area contributed by atoms with Gasteiger partial charge in [-0.05, 0) is 25.0 Å². The van der Waals surface area contributed by atoms with E-state index in [1.54, 1.807) is 13.8 Å². The largest absolute Gasteiger partial charge is 0.389 e. The van der Waals surface area contributed by atoms with Crippen molar-refractivity contribution < 1.29 is 22.3 Å². The summed E-state index contributed by atoms with van der Waals surface area (Å²) in [6.45, 7) is 3.10. The third-order valence-electron chi connectivity index (χ3n) is 3.10. The molecule has 0 aliphatic carbocycles. The maximum absolute atomic E-state index is 13.4. The van der Waals surface area contributed by atoms with Crippen LogP contribution in [0.3, 0.4) is 0 Å². The second-order valence-electron chi connectivity index (χ2n) is 4.31. The van der Waals surface area contributed by atoms with E-state index in [1.165, 1.54) is 0 Å². The van der Waals surface area contributed by atoms with Gasteiger partial charge in [0.25, 0.3) is 0 Å². The lowest BCUT2D eigenvalue weighted by Gasteiger charge is -2.25. The molecule has 1 aromatic rings. The molecule has 0 saturated heterocycles. The van der Waals surface area contributed by atoms with Crippen molar-refractivity contribution in [2.24, 2.45) is 0 Å². The summed E-state index contributed by atoms with van der Waals surface area (Å²) in [5.41, 5.74) is -1.23. The Hall–Kier alpha value is -1.05. The van der Waals surface area contributed by atoms with Gasteiger partial charge in [0, 0.05) is 6.54 Å². The van der Waals surface area contributed by atoms with Crippen LogP contribution < -0.4 is 4.72 Å². The summed E-state index contributed by atoms with van der Waals surface area (Å²) in [5.74, 6) is -2.33. The molecule has 2 N–H and O–H groups in total. The Labute approximate surface area is 111 Å². The van der Waals surface area contributed by atoms with E-state index in [-0.39, 0.29) is 6.54 Å². The van der Waals surface area contributed by atoms with Crippen molar-refractivity contribution in [3.05, 3.63) is 29.8 Å². The minimum Gasteiger partial charge on any atom is -0.389 e. The Morgan fingerprint density at radius 3 is 2.11 bits per heavy atom. The van der Waals surface area contributed by atoms with Crippen LogP contribution in [0.2, 0.25) is 0 Å². The summed E-state index contributed by atoms with van der Waals surface area (Å²) < 4.78 is 52.6. The van der Waals surface area contributed by atoms with E-state index in [0.29, 0.717) is 12.8 Å². The molecular formula is C12H17F2NO3S. The van der Waals surface area contributed by atoms with Gasteiger partial charge in [-0.2, -0.15) is 0 Å². The quantitative estimate of drug-likeness (QED) is 0.840. The Balaban J connectivity index is 3.00. The van der Waals surface area contributed by atoms with Crippen LogP contribution >= 0.6 is 0 Å². The summed E-state index contributed by atoms with van der Waals surface area (Å²) in [6, 6.07) is 2.81. The van der Waals surface area contributed by atoms with Crippen molar-refractivity contribution in [1.29, 1.82) is 0 Å². The number of halogens is 2. The number of aliphatic hydroxyl groups is 1. The topological polar surface area (TPSA) is 66.4 Å². The first-order valence-corrected chi connectivity index (χ1v) is 7.40. The Morgan fingerprint density at radius 2 is 1.68 bits per heavy atom. The fourth-order valence-corrected chi connectivity index (χ4v) is 2.79. The van der Waals surface area contributed by atoms with Gasteiger partial charge in [-0.1, -0.05) is 19.9 Å². The highest BCUT2D eigenvalue weighted by molar-refractivity contribution is 7.89. The summed E-state index contributed by atoms with van der Waals surface area (Å²) in [6.07, 6.45) is 0.650.